The maximum absolute atomic E-state index is 13.8. The minimum atomic E-state index is -5.14. The molecule has 0 saturated heterocycles. The van der Waals surface area contributed by atoms with Crippen LogP contribution in [-0.4, -0.2) is 42.4 Å². The minimum Gasteiger partial charge on any atom is -0.399 e. The molecule has 0 radical (unpaired) electrons. The first-order chi connectivity index (χ1) is 26.5. The van der Waals surface area contributed by atoms with Crippen molar-refractivity contribution in [3.05, 3.63) is 129 Å². The fourth-order valence-electron chi connectivity index (χ4n) is 5.18. The Balaban J connectivity index is 0.00000620. The summed E-state index contributed by atoms with van der Waals surface area (Å²) in [5.41, 5.74) is 14.6. The minimum absolute atomic E-state index is 0. The smallest absolute Gasteiger partial charge is 0.399 e. The van der Waals surface area contributed by atoms with Gasteiger partial charge in [-0.25, -0.2) is 0 Å². The van der Waals surface area contributed by atoms with Crippen LogP contribution < -0.4 is 46.5 Å². The maximum atomic E-state index is 13.8. The number of nitrogen functional groups attached to an aromatic ring is 2. The third-order valence-electron chi connectivity index (χ3n) is 7.89. The number of allylic oxidation sites excluding steroid dienone is 1. The number of nitrogens with two attached hydrogens (primary N) is 2. The number of nitro benzene ring substituents is 1. The second-order valence-electron chi connectivity index (χ2n) is 11.8. The van der Waals surface area contributed by atoms with Crippen LogP contribution in [0.3, 0.4) is 0 Å². The molecule has 0 aliphatic heterocycles. The SMILES string of the molecule is Cc1cc(N)ccc1N=Nc1ccc(Sc2ccc(NN=C3C(=O)c4c(cc(S(=O)(=O)O)c(N=Nc5ccc([N+](=O)[O-])cc5)c4N)C=C3S(=O)(=O)O)cc2)cc1.[Na+]. The molecule has 57 heavy (non-hydrogen) atoms. The molecule has 284 valence electrons. The van der Waals surface area contributed by atoms with E-state index in [1.165, 1.54) is 23.9 Å². The van der Waals surface area contributed by atoms with Gasteiger partial charge in [0.15, 0.2) is 5.71 Å². The second kappa shape index (κ2) is 17.2. The van der Waals surface area contributed by atoms with Crippen LogP contribution in [0.1, 0.15) is 21.5 Å². The normalized spacial score (nSPS) is 13.7. The molecular formula is C35H27N9NaO9S3+. The zero-order chi connectivity index (χ0) is 40.4. The van der Waals surface area contributed by atoms with E-state index in [4.69, 9.17) is 11.5 Å². The number of aryl methyl sites for hydroxylation is 1. The number of carbonyl (C=O) groups excluding carboxylic acids is 1. The number of non-ortho nitro benzene ring substituents is 1. The van der Waals surface area contributed by atoms with Gasteiger partial charge in [-0.2, -0.15) is 37.3 Å². The quantitative estimate of drug-likeness (QED) is 0.0286. The van der Waals surface area contributed by atoms with Crippen molar-refractivity contribution in [1.82, 2.24) is 0 Å². The fraction of sp³-hybridized carbons (Fsp3) is 0.0286. The Morgan fingerprint density at radius 3 is 1.91 bits per heavy atom. The molecule has 0 saturated carbocycles. The molecule has 6 rings (SSSR count). The van der Waals surface area contributed by atoms with Crippen LogP contribution in [-0.2, 0) is 20.2 Å². The van der Waals surface area contributed by atoms with Crippen molar-refractivity contribution < 1.29 is 65.2 Å². The average molecular weight is 837 g/mol. The summed E-state index contributed by atoms with van der Waals surface area (Å²) in [6, 6.07) is 24.8. The number of ketones is 1. The molecule has 5 aromatic carbocycles. The molecule has 0 bridgehead atoms. The van der Waals surface area contributed by atoms with Crippen LogP contribution in [0.5, 0.6) is 0 Å². The van der Waals surface area contributed by atoms with Crippen molar-refractivity contribution in [1.29, 1.82) is 0 Å². The topological polar surface area (TPSA) is 295 Å². The van der Waals surface area contributed by atoms with Crippen LogP contribution in [0.25, 0.3) is 6.08 Å². The van der Waals surface area contributed by atoms with Crippen molar-refractivity contribution in [3.63, 3.8) is 0 Å². The van der Waals surface area contributed by atoms with E-state index in [9.17, 15) is 40.8 Å². The van der Waals surface area contributed by atoms with E-state index < -0.39 is 69.0 Å². The van der Waals surface area contributed by atoms with Crippen molar-refractivity contribution in [2.45, 2.75) is 21.6 Å². The van der Waals surface area contributed by atoms with E-state index in [1.807, 2.05) is 37.3 Å². The number of fused-ring (bicyclic) bond motifs is 1. The number of Topliss-reactive ketones (excluding diaryl/α,β-unsaturated/α-hetero) is 1. The summed E-state index contributed by atoms with van der Waals surface area (Å²) in [5.74, 6) is -1.15. The summed E-state index contributed by atoms with van der Waals surface area (Å²) in [5, 5.41) is 31.1. The molecule has 5 aromatic rings. The van der Waals surface area contributed by atoms with E-state index in [2.05, 4.69) is 31.0 Å². The number of nitro groups is 1. The molecule has 0 fully saturated rings. The number of nitrogens with zero attached hydrogens (tertiary/aromatic N) is 6. The van der Waals surface area contributed by atoms with Crippen molar-refractivity contribution in [2.24, 2.45) is 25.6 Å². The van der Waals surface area contributed by atoms with E-state index in [-0.39, 0.29) is 40.9 Å². The third-order valence-corrected chi connectivity index (χ3v) is 10.6. The summed E-state index contributed by atoms with van der Waals surface area (Å²) >= 11 is 1.43. The largest absolute Gasteiger partial charge is 1.00 e. The van der Waals surface area contributed by atoms with Crippen LogP contribution in [0, 0.1) is 17.0 Å². The number of hydrogen-bond acceptors (Lipinski definition) is 16. The number of anilines is 3. The van der Waals surface area contributed by atoms with Gasteiger partial charge < -0.3 is 11.5 Å². The Bertz CT molecular complexity index is 2760. The van der Waals surface area contributed by atoms with E-state index in [0.717, 1.165) is 39.6 Å². The number of rotatable bonds is 11. The molecule has 1 aliphatic carbocycles. The van der Waals surface area contributed by atoms with Gasteiger partial charge >= 0.3 is 29.6 Å². The Morgan fingerprint density at radius 2 is 1.35 bits per heavy atom. The van der Waals surface area contributed by atoms with E-state index >= 15 is 0 Å². The van der Waals surface area contributed by atoms with E-state index in [0.29, 0.717) is 22.7 Å². The fourth-order valence-corrected chi connectivity index (χ4v) is 7.33. The van der Waals surface area contributed by atoms with Gasteiger partial charge in [-0.05, 0) is 109 Å². The molecule has 0 amide bonds. The zero-order valence-electron chi connectivity index (χ0n) is 29.6. The Hall–Kier alpha value is -5.65. The molecule has 0 heterocycles. The van der Waals surface area contributed by atoms with Gasteiger partial charge in [-0.1, -0.05) is 11.8 Å². The van der Waals surface area contributed by atoms with Crippen LogP contribution in [0.15, 0.2) is 142 Å². The van der Waals surface area contributed by atoms with Gasteiger partial charge in [0.05, 0.1) is 38.9 Å². The molecule has 0 aromatic heterocycles. The van der Waals surface area contributed by atoms with Crippen LogP contribution in [0.4, 0.5) is 45.5 Å². The third kappa shape index (κ3) is 10.0. The number of hydrazone groups is 1. The van der Waals surface area contributed by atoms with Gasteiger partial charge in [0, 0.05) is 27.6 Å². The van der Waals surface area contributed by atoms with Crippen LogP contribution >= 0.6 is 11.8 Å². The second-order valence-corrected chi connectivity index (χ2v) is 15.7. The van der Waals surface area contributed by atoms with Crippen molar-refractivity contribution >= 4 is 95.1 Å². The van der Waals surface area contributed by atoms with Gasteiger partial charge in [0.2, 0.25) is 5.78 Å². The molecule has 1 aliphatic rings. The van der Waals surface area contributed by atoms with Gasteiger partial charge in [-0.15, -0.1) is 5.11 Å². The monoisotopic (exact) mass is 836 g/mol. The van der Waals surface area contributed by atoms with E-state index in [1.54, 1.807) is 36.4 Å². The number of carbonyl (C=O) groups is 1. The molecular weight excluding hydrogens is 810 g/mol. The Kier molecular flexibility index (Phi) is 12.8. The Labute approximate surface area is 350 Å². The number of hydrogen-bond donors (Lipinski definition) is 5. The summed E-state index contributed by atoms with van der Waals surface area (Å²) in [6.07, 6.45) is 0.764. The predicted octanol–water partition coefficient (Wildman–Crippen LogP) is 5.19. The zero-order valence-corrected chi connectivity index (χ0v) is 34.1. The number of nitrogens with one attached hydrogen (secondary N) is 1. The molecule has 0 atom stereocenters. The van der Waals surface area contributed by atoms with Gasteiger partial charge in [0.25, 0.3) is 25.9 Å². The van der Waals surface area contributed by atoms with Crippen LogP contribution in [0.2, 0.25) is 0 Å². The standard InChI is InChI=1S/C35H27N9O9S3.Na/c1-19-16-21(36)2-15-28(19)41-38-23-5-11-26(12-6-23)54-27-13-7-24(8-14-27)40-43-34-30(56(51,52)53)18-20-17-29(55(48,49)50)33(32(37)31(20)35(34)45)42-39-22-3-9-25(10-4-22)44(46)47;/h2-18,40H,36-37H2,1H3,(H,48,49,50)(H,51,52,53);/q;+1. The Morgan fingerprint density at radius 1 is 0.772 bits per heavy atom. The number of benzene rings is 5. The van der Waals surface area contributed by atoms with Crippen molar-refractivity contribution in [3.8, 4) is 0 Å². The molecule has 18 nitrogen and oxygen atoms in total. The average Bonchev–Trinajstić information content (AvgIpc) is 3.14. The predicted molar refractivity (Wildman–Crippen MR) is 210 cm³/mol. The first-order valence-corrected chi connectivity index (χ1v) is 19.5. The first kappa shape index (κ1) is 42.5. The molecule has 22 heteroatoms. The molecule has 0 spiro atoms. The number of azo groups is 2. The van der Waals surface area contributed by atoms with Crippen molar-refractivity contribution in [2.75, 3.05) is 16.9 Å². The summed E-state index contributed by atoms with van der Waals surface area (Å²) < 4.78 is 69.5. The first-order valence-electron chi connectivity index (χ1n) is 15.8. The summed E-state index contributed by atoms with van der Waals surface area (Å²) in [4.78, 5) is 23.9. The summed E-state index contributed by atoms with van der Waals surface area (Å²) in [6.45, 7) is 1.89. The summed E-state index contributed by atoms with van der Waals surface area (Å²) in [7, 11) is -10.3. The maximum Gasteiger partial charge on any atom is 1.00 e. The van der Waals surface area contributed by atoms with Gasteiger partial charge in [-0.3, -0.25) is 29.4 Å². The van der Waals surface area contributed by atoms with Gasteiger partial charge in [0.1, 0.15) is 15.5 Å². The molecule has 7 N–H and O–H groups in total. The molecule has 0 unspecified atom stereocenters.